The van der Waals surface area contributed by atoms with Crippen molar-refractivity contribution < 1.29 is 0 Å². The van der Waals surface area contributed by atoms with Crippen molar-refractivity contribution in [1.82, 2.24) is 14.2 Å². The molecule has 0 atom stereocenters. The molecule has 3 aromatic rings. The SMILES string of the molecule is Cc1ccn2nc(C(C)C)n(-c3ccccc3)c(=O)c12. The summed E-state index contributed by atoms with van der Waals surface area (Å²) in [5.74, 6) is 0.930. The Morgan fingerprint density at radius 3 is 2.45 bits per heavy atom. The highest BCUT2D eigenvalue weighted by Gasteiger charge is 2.16. The first kappa shape index (κ1) is 12.7. The third-order valence-corrected chi connectivity index (χ3v) is 3.44. The molecule has 20 heavy (non-hydrogen) atoms. The van der Waals surface area contributed by atoms with E-state index in [-0.39, 0.29) is 11.5 Å². The van der Waals surface area contributed by atoms with Gasteiger partial charge in [-0.05, 0) is 30.7 Å². The van der Waals surface area contributed by atoms with Gasteiger partial charge in [0, 0.05) is 12.1 Å². The van der Waals surface area contributed by atoms with Gasteiger partial charge in [0.2, 0.25) is 0 Å². The van der Waals surface area contributed by atoms with Gasteiger partial charge < -0.3 is 0 Å². The van der Waals surface area contributed by atoms with E-state index >= 15 is 0 Å². The molecule has 1 aromatic carbocycles. The molecular formula is C16H17N3O. The van der Waals surface area contributed by atoms with Gasteiger partial charge >= 0.3 is 0 Å². The number of aromatic nitrogens is 3. The second-order valence-corrected chi connectivity index (χ2v) is 5.28. The fourth-order valence-electron chi connectivity index (χ4n) is 2.43. The van der Waals surface area contributed by atoms with Crippen LogP contribution in [0.2, 0.25) is 0 Å². The van der Waals surface area contributed by atoms with E-state index < -0.39 is 0 Å². The Morgan fingerprint density at radius 2 is 1.80 bits per heavy atom. The minimum Gasteiger partial charge on any atom is -0.266 e. The molecule has 0 radical (unpaired) electrons. The number of para-hydroxylation sites is 1. The molecular weight excluding hydrogens is 250 g/mol. The summed E-state index contributed by atoms with van der Waals surface area (Å²) in [4.78, 5) is 12.8. The van der Waals surface area contributed by atoms with Crippen molar-refractivity contribution in [3.63, 3.8) is 0 Å². The predicted octanol–water partition coefficient (Wildman–Crippen LogP) is 2.92. The Hall–Kier alpha value is -2.36. The molecule has 0 bridgehead atoms. The topological polar surface area (TPSA) is 39.3 Å². The number of aryl methyl sites for hydroxylation is 1. The molecule has 0 aliphatic heterocycles. The Morgan fingerprint density at radius 1 is 1.10 bits per heavy atom. The van der Waals surface area contributed by atoms with Gasteiger partial charge in [-0.3, -0.25) is 9.36 Å². The zero-order valence-electron chi connectivity index (χ0n) is 11.9. The van der Waals surface area contributed by atoms with Crippen LogP contribution in [0.15, 0.2) is 47.4 Å². The molecule has 3 rings (SSSR count). The van der Waals surface area contributed by atoms with Gasteiger partial charge in [0.1, 0.15) is 11.3 Å². The summed E-state index contributed by atoms with van der Waals surface area (Å²) in [7, 11) is 0. The molecule has 0 amide bonds. The first-order chi connectivity index (χ1) is 9.59. The Bertz CT molecular complexity index is 813. The van der Waals surface area contributed by atoms with E-state index in [1.165, 1.54) is 0 Å². The molecule has 102 valence electrons. The van der Waals surface area contributed by atoms with Crippen LogP contribution in [0.3, 0.4) is 0 Å². The van der Waals surface area contributed by atoms with E-state index in [4.69, 9.17) is 0 Å². The molecule has 2 heterocycles. The molecule has 0 saturated carbocycles. The number of hydrogen-bond acceptors (Lipinski definition) is 2. The first-order valence-electron chi connectivity index (χ1n) is 6.76. The lowest BCUT2D eigenvalue weighted by Crippen LogP contribution is -2.27. The fourth-order valence-corrected chi connectivity index (χ4v) is 2.43. The van der Waals surface area contributed by atoms with Crippen LogP contribution in [-0.4, -0.2) is 14.2 Å². The van der Waals surface area contributed by atoms with E-state index in [1.54, 1.807) is 9.08 Å². The standard InChI is InChI=1S/C16H17N3O/c1-11(2)15-17-18-10-9-12(3)14(18)16(20)19(15)13-7-5-4-6-8-13/h4-11H,1-3H3. The van der Waals surface area contributed by atoms with Crippen LogP contribution in [-0.2, 0) is 0 Å². The number of fused-ring (bicyclic) bond motifs is 1. The average Bonchev–Trinajstić information content (AvgIpc) is 2.81. The van der Waals surface area contributed by atoms with Crippen LogP contribution >= 0.6 is 0 Å². The molecule has 0 unspecified atom stereocenters. The molecule has 0 saturated heterocycles. The van der Waals surface area contributed by atoms with E-state index in [0.717, 1.165) is 17.1 Å². The largest absolute Gasteiger partial charge is 0.282 e. The summed E-state index contributed by atoms with van der Waals surface area (Å²) in [6.07, 6.45) is 1.84. The van der Waals surface area contributed by atoms with Crippen molar-refractivity contribution in [2.75, 3.05) is 0 Å². The molecule has 0 fully saturated rings. The highest BCUT2D eigenvalue weighted by molar-refractivity contribution is 5.54. The minimum atomic E-state index is -0.0163. The van der Waals surface area contributed by atoms with Gasteiger partial charge in [0.25, 0.3) is 5.56 Å². The van der Waals surface area contributed by atoms with Crippen molar-refractivity contribution in [3.05, 3.63) is 64.3 Å². The Labute approximate surface area is 117 Å². The van der Waals surface area contributed by atoms with Gasteiger partial charge in [0.15, 0.2) is 0 Å². The second-order valence-electron chi connectivity index (χ2n) is 5.28. The molecule has 0 N–H and O–H groups in total. The fraction of sp³-hybridized carbons (Fsp3) is 0.250. The van der Waals surface area contributed by atoms with Crippen LogP contribution < -0.4 is 5.56 Å². The molecule has 4 nitrogen and oxygen atoms in total. The maximum Gasteiger partial charge on any atom is 0.282 e. The third-order valence-electron chi connectivity index (χ3n) is 3.44. The normalized spacial score (nSPS) is 11.4. The summed E-state index contributed by atoms with van der Waals surface area (Å²) in [6, 6.07) is 11.6. The lowest BCUT2D eigenvalue weighted by molar-refractivity contribution is 0.666. The maximum absolute atomic E-state index is 12.8. The summed E-state index contributed by atoms with van der Waals surface area (Å²) < 4.78 is 3.40. The molecule has 4 heteroatoms. The van der Waals surface area contributed by atoms with Crippen molar-refractivity contribution >= 4 is 5.52 Å². The van der Waals surface area contributed by atoms with Crippen molar-refractivity contribution in [2.24, 2.45) is 0 Å². The average molecular weight is 267 g/mol. The second kappa shape index (κ2) is 4.63. The third kappa shape index (κ3) is 1.84. The van der Waals surface area contributed by atoms with E-state index in [0.29, 0.717) is 5.52 Å². The van der Waals surface area contributed by atoms with Crippen molar-refractivity contribution in [2.45, 2.75) is 26.7 Å². The zero-order valence-corrected chi connectivity index (χ0v) is 11.9. The summed E-state index contributed by atoms with van der Waals surface area (Å²) in [5, 5.41) is 4.61. The van der Waals surface area contributed by atoms with Gasteiger partial charge in [-0.1, -0.05) is 32.0 Å². The zero-order chi connectivity index (χ0) is 14.3. The molecule has 0 aliphatic rings. The van der Waals surface area contributed by atoms with Crippen LogP contribution in [0.1, 0.15) is 31.2 Å². The summed E-state index contributed by atoms with van der Waals surface area (Å²) >= 11 is 0. The monoisotopic (exact) mass is 267 g/mol. The van der Waals surface area contributed by atoms with Crippen LogP contribution in [0, 0.1) is 6.92 Å². The highest BCUT2D eigenvalue weighted by atomic mass is 16.1. The lowest BCUT2D eigenvalue weighted by Gasteiger charge is -2.15. The number of rotatable bonds is 2. The van der Waals surface area contributed by atoms with Gasteiger partial charge in [-0.25, -0.2) is 4.52 Å². The number of hydrogen-bond donors (Lipinski definition) is 0. The van der Waals surface area contributed by atoms with E-state index in [9.17, 15) is 4.79 Å². The van der Waals surface area contributed by atoms with Gasteiger partial charge in [0.05, 0.1) is 5.69 Å². The lowest BCUT2D eigenvalue weighted by atomic mass is 10.2. The van der Waals surface area contributed by atoms with Crippen LogP contribution in [0.4, 0.5) is 0 Å². The smallest absolute Gasteiger partial charge is 0.266 e. The van der Waals surface area contributed by atoms with E-state index in [2.05, 4.69) is 5.10 Å². The van der Waals surface area contributed by atoms with Gasteiger partial charge in [-0.15, -0.1) is 0 Å². The molecule has 2 aromatic heterocycles. The van der Waals surface area contributed by atoms with E-state index in [1.807, 2.05) is 63.4 Å². The highest BCUT2D eigenvalue weighted by Crippen LogP contribution is 2.17. The van der Waals surface area contributed by atoms with Crippen LogP contribution in [0.5, 0.6) is 0 Å². The summed E-state index contributed by atoms with van der Waals surface area (Å²) in [6.45, 7) is 6.02. The first-order valence-corrected chi connectivity index (χ1v) is 6.76. The number of nitrogens with zero attached hydrogens (tertiary/aromatic N) is 3. The Kier molecular flexibility index (Phi) is 2.93. The van der Waals surface area contributed by atoms with Crippen LogP contribution in [0.25, 0.3) is 11.2 Å². The quantitative estimate of drug-likeness (QED) is 0.716. The Balaban J connectivity index is 2.45. The molecule has 0 spiro atoms. The predicted molar refractivity (Wildman–Crippen MR) is 79.6 cm³/mol. The number of benzene rings is 1. The molecule has 0 aliphatic carbocycles. The minimum absolute atomic E-state index is 0.0163. The van der Waals surface area contributed by atoms with Gasteiger partial charge in [-0.2, -0.15) is 5.10 Å². The maximum atomic E-state index is 12.8. The van der Waals surface area contributed by atoms with Crippen molar-refractivity contribution in [3.8, 4) is 5.69 Å². The van der Waals surface area contributed by atoms with Crippen molar-refractivity contribution in [1.29, 1.82) is 0 Å². The summed E-state index contributed by atoms with van der Waals surface area (Å²) in [5.41, 5.74) is 2.43.